The molecule has 14 heteroatoms. The van der Waals surface area contributed by atoms with Gasteiger partial charge < -0.3 is 21.3 Å². The Morgan fingerprint density at radius 3 is 2.00 bits per heavy atom. The fourth-order valence-corrected chi connectivity index (χ4v) is 6.34. The van der Waals surface area contributed by atoms with Crippen LogP contribution in [0, 0.1) is 5.92 Å². The standard InChI is InChI=1S/C31H37F3N4O6S/c1-45(43,44)22-14-11-20(12-15-22)29(41)38-26-10-6-5-9-25(26)36-27(39)18-35-30(42)23-17-21(31(32,33)34)13-16-24(23)37-28(40)19-7-3-2-4-8-19/h11-17,19,25-26H,2-10,18H2,1H3,(H,35,42)(H,36,39)(H,37,40)(H,38,41). The number of halogens is 3. The van der Waals surface area contributed by atoms with Crippen LogP contribution in [-0.4, -0.2) is 56.9 Å². The summed E-state index contributed by atoms with van der Waals surface area (Å²) in [6.07, 6.45) is 3.10. The van der Waals surface area contributed by atoms with Gasteiger partial charge in [0, 0.05) is 29.8 Å². The van der Waals surface area contributed by atoms with Crippen molar-refractivity contribution in [2.75, 3.05) is 18.1 Å². The Balaban J connectivity index is 1.38. The number of benzene rings is 2. The van der Waals surface area contributed by atoms with Crippen LogP contribution in [0.1, 0.15) is 84.1 Å². The van der Waals surface area contributed by atoms with E-state index in [9.17, 15) is 40.8 Å². The Hall–Kier alpha value is -3.94. The largest absolute Gasteiger partial charge is 0.416 e. The molecule has 2 atom stereocenters. The van der Waals surface area contributed by atoms with Crippen LogP contribution < -0.4 is 21.3 Å². The smallest absolute Gasteiger partial charge is 0.350 e. The first-order valence-electron chi connectivity index (χ1n) is 14.9. The Labute approximate surface area is 259 Å². The van der Waals surface area contributed by atoms with E-state index < -0.39 is 63.5 Å². The van der Waals surface area contributed by atoms with Crippen molar-refractivity contribution < 1.29 is 40.8 Å². The van der Waals surface area contributed by atoms with Crippen molar-refractivity contribution in [2.24, 2.45) is 5.92 Å². The van der Waals surface area contributed by atoms with Crippen LogP contribution in [0.25, 0.3) is 0 Å². The van der Waals surface area contributed by atoms with Crippen LogP contribution in [0.4, 0.5) is 18.9 Å². The van der Waals surface area contributed by atoms with Crippen LogP contribution in [0.15, 0.2) is 47.4 Å². The lowest BCUT2D eigenvalue weighted by atomic mass is 9.88. The van der Waals surface area contributed by atoms with E-state index in [0.29, 0.717) is 31.7 Å². The molecule has 0 aromatic heterocycles. The van der Waals surface area contributed by atoms with Crippen molar-refractivity contribution in [1.29, 1.82) is 0 Å². The number of nitrogens with one attached hydrogen (secondary N) is 4. The molecule has 0 radical (unpaired) electrons. The number of sulfone groups is 1. The molecular formula is C31H37F3N4O6S. The molecule has 4 N–H and O–H groups in total. The summed E-state index contributed by atoms with van der Waals surface area (Å²) < 4.78 is 63.8. The molecule has 0 saturated heterocycles. The molecule has 45 heavy (non-hydrogen) atoms. The molecular weight excluding hydrogens is 613 g/mol. The zero-order valence-corrected chi connectivity index (χ0v) is 25.7. The Morgan fingerprint density at radius 2 is 1.40 bits per heavy atom. The van der Waals surface area contributed by atoms with Crippen molar-refractivity contribution in [3.8, 4) is 0 Å². The van der Waals surface area contributed by atoms with E-state index in [2.05, 4.69) is 21.3 Å². The topological polar surface area (TPSA) is 151 Å². The van der Waals surface area contributed by atoms with Gasteiger partial charge in [0.2, 0.25) is 11.8 Å². The van der Waals surface area contributed by atoms with E-state index in [1.54, 1.807) is 0 Å². The Bertz CT molecular complexity index is 1520. The highest BCUT2D eigenvalue weighted by Gasteiger charge is 2.33. The third-order valence-corrected chi connectivity index (χ3v) is 9.34. The van der Waals surface area contributed by atoms with Gasteiger partial charge in [-0.05, 0) is 68.1 Å². The SMILES string of the molecule is CS(=O)(=O)c1ccc(C(=O)NC2CCCCC2NC(=O)CNC(=O)c2cc(C(F)(F)F)ccc2NC(=O)C2CCCCC2)cc1. The third-order valence-electron chi connectivity index (χ3n) is 8.21. The van der Waals surface area contributed by atoms with Crippen molar-refractivity contribution >= 4 is 39.2 Å². The second kappa shape index (κ2) is 14.4. The van der Waals surface area contributed by atoms with Crippen LogP contribution in [0.3, 0.4) is 0 Å². The van der Waals surface area contributed by atoms with Gasteiger partial charge in [-0.2, -0.15) is 13.2 Å². The first-order chi connectivity index (χ1) is 21.2. The molecule has 244 valence electrons. The van der Waals surface area contributed by atoms with Crippen LogP contribution in [-0.2, 0) is 25.6 Å². The van der Waals surface area contributed by atoms with E-state index in [4.69, 9.17) is 0 Å². The number of carbonyl (C=O) groups is 4. The van der Waals surface area contributed by atoms with E-state index in [1.165, 1.54) is 24.3 Å². The molecule has 2 aliphatic carbocycles. The predicted molar refractivity (Wildman–Crippen MR) is 160 cm³/mol. The molecule has 0 heterocycles. The summed E-state index contributed by atoms with van der Waals surface area (Å²) >= 11 is 0. The molecule has 2 aliphatic rings. The number of carbonyl (C=O) groups excluding carboxylic acids is 4. The summed E-state index contributed by atoms with van der Waals surface area (Å²) in [6.45, 7) is -0.546. The number of hydrogen-bond donors (Lipinski definition) is 4. The number of anilines is 1. The fourth-order valence-electron chi connectivity index (χ4n) is 5.71. The second-order valence-corrected chi connectivity index (χ2v) is 13.6. The molecule has 0 aliphatic heterocycles. The van der Waals surface area contributed by atoms with Crippen LogP contribution in [0.2, 0.25) is 0 Å². The first kappa shape index (κ1) is 33.9. The molecule has 0 bridgehead atoms. The summed E-state index contributed by atoms with van der Waals surface area (Å²) in [5, 5.41) is 10.6. The number of amides is 4. The highest BCUT2D eigenvalue weighted by molar-refractivity contribution is 7.90. The van der Waals surface area contributed by atoms with Crippen molar-refractivity contribution in [1.82, 2.24) is 16.0 Å². The van der Waals surface area contributed by atoms with Crippen molar-refractivity contribution in [2.45, 2.75) is 80.9 Å². The summed E-state index contributed by atoms with van der Waals surface area (Å²) in [7, 11) is -3.42. The summed E-state index contributed by atoms with van der Waals surface area (Å²) in [4.78, 5) is 51.6. The fraction of sp³-hybridized carbons (Fsp3) is 0.484. The minimum atomic E-state index is -4.73. The lowest BCUT2D eigenvalue weighted by Crippen LogP contribution is -2.54. The lowest BCUT2D eigenvalue weighted by molar-refractivity contribution is -0.137. The maximum absolute atomic E-state index is 13.5. The summed E-state index contributed by atoms with van der Waals surface area (Å²) in [5.41, 5.74) is -1.31. The van der Waals surface area contributed by atoms with Gasteiger partial charge in [-0.15, -0.1) is 0 Å². The zero-order valence-electron chi connectivity index (χ0n) is 24.8. The van der Waals surface area contributed by atoms with Crippen molar-refractivity contribution in [3.63, 3.8) is 0 Å². The average Bonchev–Trinajstić information content (AvgIpc) is 3.00. The van der Waals surface area contributed by atoms with E-state index in [0.717, 1.165) is 50.5 Å². The van der Waals surface area contributed by atoms with Gasteiger partial charge in [-0.25, -0.2) is 8.42 Å². The summed E-state index contributed by atoms with van der Waals surface area (Å²) in [5.74, 6) is -2.66. The van der Waals surface area contributed by atoms with Gasteiger partial charge in [0.05, 0.1) is 28.3 Å². The molecule has 0 spiro atoms. The Kier molecular flexibility index (Phi) is 10.9. The molecule has 2 unspecified atom stereocenters. The molecule has 4 amide bonds. The van der Waals surface area contributed by atoms with E-state index in [1.807, 2.05) is 0 Å². The molecule has 2 fully saturated rings. The van der Waals surface area contributed by atoms with Gasteiger partial charge in [0.15, 0.2) is 9.84 Å². The normalized spacial score (nSPS) is 19.3. The average molecular weight is 651 g/mol. The van der Waals surface area contributed by atoms with Gasteiger partial charge >= 0.3 is 6.18 Å². The van der Waals surface area contributed by atoms with Gasteiger partial charge in [0.1, 0.15) is 0 Å². The number of hydrogen-bond acceptors (Lipinski definition) is 6. The van der Waals surface area contributed by atoms with Crippen LogP contribution >= 0.6 is 0 Å². The Morgan fingerprint density at radius 1 is 0.800 bits per heavy atom. The van der Waals surface area contributed by atoms with Gasteiger partial charge in [-0.1, -0.05) is 32.1 Å². The molecule has 10 nitrogen and oxygen atoms in total. The highest BCUT2D eigenvalue weighted by Crippen LogP contribution is 2.33. The molecule has 2 saturated carbocycles. The molecule has 4 rings (SSSR count). The van der Waals surface area contributed by atoms with Crippen LogP contribution in [0.5, 0.6) is 0 Å². The lowest BCUT2D eigenvalue weighted by Gasteiger charge is -2.33. The molecule has 2 aromatic rings. The number of alkyl halides is 3. The highest BCUT2D eigenvalue weighted by atomic mass is 32.2. The monoisotopic (exact) mass is 650 g/mol. The van der Waals surface area contributed by atoms with E-state index in [-0.39, 0.29) is 28.0 Å². The quantitative estimate of drug-likeness (QED) is 0.319. The van der Waals surface area contributed by atoms with Gasteiger partial charge in [0.25, 0.3) is 11.8 Å². The number of rotatable bonds is 9. The molecule has 2 aromatic carbocycles. The van der Waals surface area contributed by atoms with Gasteiger partial charge in [-0.3, -0.25) is 19.2 Å². The van der Waals surface area contributed by atoms with E-state index >= 15 is 0 Å². The zero-order chi connectivity index (χ0) is 32.8. The summed E-state index contributed by atoms with van der Waals surface area (Å²) in [6, 6.07) is 7.05. The van der Waals surface area contributed by atoms with Crippen molar-refractivity contribution in [3.05, 3.63) is 59.2 Å². The second-order valence-electron chi connectivity index (χ2n) is 11.6. The first-order valence-corrected chi connectivity index (χ1v) is 16.8. The minimum Gasteiger partial charge on any atom is -0.350 e. The minimum absolute atomic E-state index is 0.0730. The maximum atomic E-state index is 13.5. The predicted octanol–water partition coefficient (Wildman–Crippen LogP) is 4.21. The third kappa shape index (κ3) is 9.28. The maximum Gasteiger partial charge on any atom is 0.416 e.